The quantitative estimate of drug-likeness (QED) is 0.224. The van der Waals surface area contributed by atoms with Crippen LogP contribution in [0.4, 0.5) is 4.79 Å². The molecule has 3 aromatic rings. The zero-order chi connectivity index (χ0) is 32.9. The summed E-state index contributed by atoms with van der Waals surface area (Å²) in [4.78, 5) is 30.5. The van der Waals surface area contributed by atoms with Crippen molar-refractivity contribution in [1.29, 1.82) is 0 Å². The number of fused-ring (bicyclic) bond motifs is 2. The fourth-order valence-electron chi connectivity index (χ4n) is 11.9. The number of ketones is 1. The number of Topliss-reactive ketones (excluding diaryl/α,β-unsaturated/α-hetero) is 1. The molecule has 8 atom stereocenters. The fraction of sp³-hybridized carbons (Fsp3) is 0.442. The predicted octanol–water partition coefficient (Wildman–Crippen LogP) is 8.79. The van der Waals surface area contributed by atoms with Crippen molar-refractivity contribution in [2.45, 2.75) is 77.0 Å². The standard InChI is InChI=1S/C43H45NO4/c1-39-20-17-33(45)25-41(39)23-24-43(34(26-41)37(46)32-15-13-31(14-16-32)30-11-7-4-8-12-30)35(39)18-21-40(2)36(43)19-22-42(40)28-44(38(47)48-42)27-29-9-5-3-6-10-29/h3-16,23-24,26,33,35-36,45H,17-22,25,27-28H2,1-2H3. The fourth-order valence-corrected chi connectivity index (χ4v) is 11.9. The van der Waals surface area contributed by atoms with Crippen LogP contribution in [0.1, 0.15) is 74.7 Å². The molecule has 0 radical (unpaired) electrons. The van der Waals surface area contributed by atoms with E-state index in [2.05, 4.69) is 68.5 Å². The minimum Gasteiger partial charge on any atom is -0.440 e. The van der Waals surface area contributed by atoms with Crippen LogP contribution in [-0.4, -0.2) is 40.1 Å². The van der Waals surface area contributed by atoms with Gasteiger partial charge in [-0.2, -0.15) is 0 Å². The Hall–Kier alpha value is -3.96. The Kier molecular flexibility index (Phi) is 6.45. The molecule has 0 aromatic heterocycles. The maximum absolute atomic E-state index is 15.0. The van der Waals surface area contributed by atoms with Gasteiger partial charge < -0.3 is 9.84 Å². The lowest BCUT2D eigenvalue weighted by Gasteiger charge is -2.71. The Morgan fingerprint density at radius 1 is 0.812 bits per heavy atom. The first-order chi connectivity index (χ1) is 23.1. The second-order valence-electron chi connectivity index (χ2n) is 16.3. The van der Waals surface area contributed by atoms with Crippen molar-refractivity contribution < 1.29 is 19.4 Å². The summed E-state index contributed by atoms with van der Waals surface area (Å²) in [6.07, 6.45) is 12.6. The third-order valence-corrected chi connectivity index (χ3v) is 14.4. The number of carbonyl (C=O) groups excluding carboxylic acids is 2. The maximum atomic E-state index is 15.0. The van der Waals surface area contributed by atoms with E-state index in [1.807, 2.05) is 53.4 Å². The number of ether oxygens (including phenoxy) is 1. The average Bonchev–Trinajstić information content (AvgIpc) is 3.59. The van der Waals surface area contributed by atoms with E-state index in [0.717, 1.165) is 60.8 Å². The summed E-state index contributed by atoms with van der Waals surface area (Å²) in [5.41, 5.74) is 3.23. The number of aliphatic hydroxyl groups excluding tert-OH is 1. The molecule has 246 valence electrons. The van der Waals surface area contributed by atoms with Crippen LogP contribution in [0.2, 0.25) is 0 Å². The zero-order valence-electron chi connectivity index (χ0n) is 28.0. The van der Waals surface area contributed by atoms with E-state index in [-0.39, 0.29) is 46.1 Å². The van der Waals surface area contributed by atoms with E-state index >= 15 is 0 Å². The Balaban J connectivity index is 1.12. The van der Waals surface area contributed by atoms with E-state index in [1.165, 1.54) is 0 Å². The highest BCUT2D eigenvalue weighted by molar-refractivity contribution is 6.10. The van der Waals surface area contributed by atoms with E-state index in [4.69, 9.17) is 4.74 Å². The van der Waals surface area contributed by atoms with Crippen molar-refractivity contribution in [3.8, 4) is 11.1 Å². The summed E-state index contributed by atoms with van der Waals surface area (Å²) >= 11 is 0. The average molecular weight is 640 g/mol. The van der Waals surface area contributed by atoms with Gasteiger partial charge in [0, 0.05) is 33.9 Å². The number of hydrogen-bond acceptors (Lipinski definition) is 4. The molecular weight excluding hydrogens is 594 g/mol. The van der Waals surface area contributed by atoms with Gasteiger partial charge in [0.05, 0.1) is 12.6 Å². The van der Waals surface area contributed by atoms with Crippen molar-refractivity contribution in [1.82, 2.24) is 4.90 Å². The molecule has 4 fully saturated rings. The minimum atomic E-state index is -0.585. The Morgan fingerprint density at radius 2 is 1.46 bits per heavy atom. The molecule has 6 aliphatic carbocycles. The lowest BCUT2D eigenvalue weighted by atomic mass is 9.32. The lowest BCUT2D eigenvalue weighted by Crippen LogP contribution is -2.67. The number of rotatable bonds is 5. The van der Waals surface area contributed by atoms with Crippen LogP contribution in [0.5, 0.6) is 0 Å². The Morgan fingerprint density at radius 3 is 2.21 bits per heavy atom. The third kappa shape index (κ3) is 3.88. The predicted molar refractivity (Wildman–Crippen MR) is 186 cm³/mol. The lowest BCUT2D eigenvalue weighted by molar-refractivity contribution is -0.164. The second kappa shape index (κ2) is 10.3. The Bertz CT molecular complexity index is 1850. The van der Waals surface area contributed by atoms with Gasteiger partial charge in [-0.05, 0) is 78.9 Å². The molecule has 10 rings (SSSR count). The topological polar surface area (TPSA) is 66.8 Å². The molecule has 1 aliphatic heterocycles. The van der Waals surface area contributed by atoms with Crippen LogP contribution in [0.15, 0.2) is 109 Å². The summed E-state index contributed by atoms with van der Waals surface area (Å²) in [6.45, 7) is 5.93. The van der Waals surface area contributed by atoms with Crippen molar-refractivity contribution in [2.75, 3.05) is 6.54 Å². The SMILES string of the molecule is CC12CCC(O)CC13C=CC1(C(C(=O)c4ccc(-c5ccccc5)cc4)=C3)C2CCC2(C)C1CCC21CN(Cc2ccccc2)C(=O)O1. The molecule has 3 aromatic carbocycles. The van der Waals surface area contributed by atoms with Gasteiger partial charge in [0.1, 0.15) is 5.60 Å². The summed E-state index contributed by atoms with van der Waals surface area (Å²) in [5.74, 6) is 0.538. The molecule has 1 saturated heterocycles. The maximum Gasteiger partial charge on any atom is 0.410 e. The summed E-state index contributed by atoms with van der Waals surface area (Å²) < 4.78 is 6.55. The van der Waals surface area contributed by atoms with E-state index in [1.54, 1.807) is 0 Å². The number of benzene rings is 3. The molecule has 1 heterocycles. The summed E-state index contributed by atoms with van der Waals surface area (Å²) in [5, 5.41) is 11.0. The molecule has 5 heteroatoms. The third-order valence-electron chi connectivity index (χ3n) is 14.4. The molecule has 8 unspecified atom stereocenters. The van der Waals surface area contributed by atoms with Crippen LogP contribution >= 0.6 is 0 Å². The van der Waals surface area contributed by atoms with E-state index < -0.39 is 11.0 Å². The number of carbonyl (C=O) groups is 2. The number of hydrogen-bond donors (Lipinski definition) is 1. The van der Waals surface area contributed by atoms with Gasteiger partial charge in [0.25, 0.3) is 0 Å². The van der Waals surface area contributed by atoms with Crippen molar-refractivity contribution in [2.24, 2.45) is 33.5 Å². The number of aliphatic hydroxyl groups is 1. The van der Waals surface area contributed by atoms with Gasteiger partial charge in [-0.3, -0.25) is 9.69 Å². The van der Waals surface area contributed by atoms with Gasteiger partial charge in [-0.1, -0.05) is 117 Å². The minimum absolute atomic E-state index is 0.0509. The molecule has 1 N–H and O–H groups in total. The van der Waals surface area contributed by atoms with Gasteiger partial charge in [-0.25, -0.2) is 4.79 Å². The highest BCUT2D eigenvalue weighted by atomic mass is 16.6. The molecule has 48 heavy (non-hydrogen) atoms. The first-order valence-corrected chi connectivity index (χ1v) is 18.0. The zero-order valence-corrected chi connectivity index (χ0v) is 28.0. The monoisotopic (exact) mass is 639 g/mol. The van der Waals surface area contributed by atoms with Gasteiger partial charge >= 0.3 is 6.09 Å². The smallest absolute Gasteiger partial charge is 0.410 e. The largest absolute Gasteiger partial charge is 0.440 e. The highest BCUT2D eigenvalue weighted by Gasteiger charge is 2.76. The van der Waals surface area contributed by atoms with Crippen molar-refractivity contribution in [3.05, 3.63) is 120 Å². The molecule has 1 amide bonds. The van der Waals surface area contributed by atoms with Crippen LogP contribution in [0.25, 0.3) is 11.1 Å². The molecular formula is C43H45NO4. The molecule has 5 nitrogen and oxygen atoms in total. The molecule has 3 saturated carbocycles. The van der Waals surface area contributed by atoms with Crippen LogP contribution in [0.3, 0.4) is 0 Å². The first-order valence-electron chi connectivity index (χ1n) is 18.0. The molecule has 3 spiro atoms. The summed E-state index contributed by atoms with van der Waals surface area (Å²) in [7, 11) is 0. The normalized spacial score (nSPS) is 39.1. The van der Waals surface area contributed by atoms with Gasteiger partial charge in [0.2, 0.25) is 0 Å². The number of nitrogens with zero attached hydrogens (tertiary/aromatic N) is 1. The number of amides is 1. The molecule has 2 bridgehead atoms. The summed E-state index contributed by atoms with van der Waals surface area (Å²) in [6, 6.07) is 28.6. The van der Waals surface area contributed by atoms with E-state index in [9.17, 15) is 14.7 Å². The Labute approximate surface area is 283 Å². The van der Waals surface area contributed by atoms with Crippen LogP contribution in [0, 0.1) is 33.5 Å². The highest BCUT2D eigenvalue weighted by Crippen LogP contribution is 2.79. The van der Waals surface area contributed by atoms with Crippen LogP contribution < -0.4 is 0 Å². The van der Waals surface area contributed by atoms with Crippen molar-refractivity contribution in [3.63, 3.8) is 0 Å². The van der Waals surface area contributed by atoms with Crippen molar-refractivity contribution >= 4 is 11.9 Å². The van der Waals surface area contributed by atoms with Crippen LogP contribution in [-0.2, 0) is 11.3 Å². The number of allylic oxidation sites excluding steroid dienone is 4. The van der Waals surface area contributed by atoms with Gasteiger partial charge in [-0.15, -0.1) is 0 Å². The first kappa shape index (κ1) is 30.1. The molecule has 7 aliphatic rings. The van der Waals surface area contributed by atoms with Gasteiger partial charge in [0.15, 0.2) is 5.78 Å². The van der Waals surface area contributed by atoms with E-state index in [0.29, 0.717) is 25.1 Å². The second-order valence-corrected chi connectivity index (χ2v) is 16.3.